The van der Waals surface area contributed by atoms with Crippen molar-refractivity contribution >= 4 is 33.8 Å². The van der Waals surface area contributed by atoms with Crippen LogP contribution in [0.4, 0.5) is 0 Å². The van der Waals surface area contributed by atoms with Crippen molar-refractivity contribution in [3.05, 3.63) is 12.3 Å². The molecule has 0 aliphatic heterocycles. The van der Waals surface area contributed by atoms with Crippen molar-refractivity contribution in [3.63, 3.8) is 0 Å². The van der Waals surface area contributed by atoms with Crippen LogP contribution in [0.2, 0.25) is 58.9 Å². The highest BCUT2D eigenvalue weighted by molar-refractivity contribution is 6.91. The van der Waals surface area contributed by atoms with E-state index in [2.05, 4.69) is 59.0 Å². The molecule has 0 spiro atoms. The zero-order valence-corrected chi connectivity index (χ0v) is 17.5. The number of rotatable bonds is 7. The first-order chi connectivity index (χ1) is 7.68. The lowest BCUT2D eigenvalue weighted by atomic mass is 11.3. The summed E-state index contributed by atoms with van der Waals surface area (Å²) in [6.45, 7) is 23.3. The van der Waals surface area contributed by atoms with E-state index in [1.807, 2.05) is 12.2 Å². The summed E-state index contributed by atoms with van der Waals surface area (Å²) in [5.41, 5.74) is 1.94. The van der Waals surface area contributed by atoms with E-state index in [0.717, 1.165) is 0 Å². The van der Waals surface area contributed by atoms with Gasteiger partial charge in [0, 0.05) is 6.55 Å². The average molecular weight is 323 g/mol. The summed E-state index contributed by atoms with van der Waals surface area (Å²) in [4.78, 5) is 0. The fourth-order valence-corrected chi connectivity index (χ4v) is 16.4. The molecule has 3 nitrogen and oxygen atoms in total. The lowest BCUT2D eigenvalue weighted by molar-refractivity contribution is 0.264. The fraction of sp³-hybridized carbons (Fsp3) is 0.818. The Hall–Kier alpha value is 0.488. The minimum atomic E-state index is -2.56. The van der Waals surface area contributed by atoms with Gasteiger partial charge >= 0.3 is 8.80 Å². The van der Waals surface area contributed by atoms with Crippen LogP contribution in [-0.4, -0.2) is 33.8 Å². The van der Waals surface area contributed by atoms with Crippen LogP contribution in [0.5, 0.6) is 0 Å². The van der Waals surface area contributed by atoms with Crippen molar-refractivity contribution in [1.29, 1.82) is 0 Å². The van der Waals surface area contributed by atoms with Gasteiger partial charge in [0.05, 0.1) is 0 Å². The Balaban J connectivity index is 5.10. The zero-order chi connectivity index (χ0) is 14.8. The SMILES string of the molecule is C=C[Si](C)(C)O[Si](C)(O[Si](C)(C)C)O[Si](C)(C)C. The van der Waals surface area contributed by atoms with Crippen molar-refractivity contribution in [2.45, 2.75) is 58.9 Å². The molecule has 0 aliphatic carbocycles. The van der Waals surface area contributed by atoms with Crippen molar-refractivity contribution in [3.8, 4) is 0 Å². The van der Waals surface area contributed by atoms with Crippen LogP contribution in [-0.2, 0) is 12.3 Å². The van der Waals surface area contributed by atoms with E-state index in [4.69, 9.17) is 12.3 Å². The molecule has 0 bridgehead atoms. The molecule has 0 atom stereocenters. The molecule has 0 saturated carbocycles. The summed E-state index contributed by atoms with van der Waals surface area (Å²) in [6, 6.07) is 0. The van der Waals surface area contributed by atoms with Gasteiger partial charge in [-0.2, -0.15) is 0 Å². The monoisotopic (exact) mass is 322 g/mol. The average Bonchev–Trinajstić information content (AvgIpc) is 1.93. The summed E-state index contributed by atoms with van der Waals surface area (Å²) >= 11 is 0. The Labute approximate surface area is 117 Å². The van der Waals surface area contributed by atoms with E-state index in [9.17, 15) is 0 Å². The largest absolute Gasteiger partial charge is 0.466 e. The molecule has 108 valence electrons. The van der Waals surface area contributed by atoms with Crippen molar-refractivity contribution in [1.82, 2.24) is 0 Å². The number of hydrogen-bond donors (Lipinski definition) is 0. The standard InChI is InChI=1S/C11H30O3Si4/c1-11-17(8,9)14-18(10,12-15(2,3)4)13-16(5,6)7/h11H,1H2,2-10H3. The third-order valence-electron chi connectivity index (χ3n) is 1.92. The van der Waals surface area contributed by atoms with Crippen LogP contribution in [0.1, 0.15) is 0 Å². The van der Waals surface area contributed by atoms with Crippen molar-refractivity contribution < 1.29 is 12.3 Å². The van der Waals surface area contributed by atoms with Gasteiger partial charge in [0.15, 0.2) is 16.6 Å². The molecule has 0 aliphatic rings. The quantitative estimate of drug-likeness (QED) is 0.657. The lowest BCUT2D eigenvalue weighted by Gasteiger charge is -2.40. The highest BCUT2D eigenvalue weighted by Crippen LogP contribution is 2.25. The maximum absolute atomic E-state index is 6.31. The summed E-state index contributed by atoms with van der Waals surface area (Å²) in [7, 11) is -7.82. The van der Waals surface area contributed by atoms with Gasteiger partial charge in [-0.15, -0.1) is 6.58 Å². The van der Waals surface area contributed by atoms with Crippen LogP contribution >= 0.6 is 0 Å². The molecule has 0 N–H and O–H groups in total. The van der Waals surface area contributed by atoms with Gasteiger partial charge in [-0.3, -0.25) is 0 Å². The first-order valence-corrected chi connectivity index (χ1v) is 18.4. The molecule has 0 saturated heterocycles. The second-order valence-corrected chi connectivity index (χ2v) is 23.4. The smallest absolute Gasteiger partial charge is 0.417 e. The third kappa shape index (κ3) is 8.57. The van der Waals surface area contributed by atoms with E-state index in [1.165, 1.54) is 0 Å². The predicted octanol–water partition coefficient (Wildman–Crippen LogP) is 4.21. The van der Waals surface area contributed by atoms with E-state index < -0.39 is 33.8 Å². The highest BCUT2D eigenvalue weighted by atomic mass is 28.5. The summed E-state index contributed by atoms with van der Waals surface area (Å²) in [5.74, 6) is 0. The van der Waals surface area contributed by atoms with Gasteiger partial charge < -0.3 is 12.3 Å². The minimum Gasteiger partial charge on any atom is -0.417 e. The maximum atomic E-state index is 6.31. The second kappa shape index (κ2) is 5.86. The summed E-state index contributed by atoms with van der Waals surface area (Å²) < 4.78 is 18.9. The van der Waals surface area contributed by atoms with Crippen LogP contribution in [0.15, 0.2) is 12.3 Å². The molecule has 0 unspecified atom stereocenters. The molecule has 7 heteroatoms. The van der Waals surface area contributed by atoms with E-state index in [-0.39, 0.29) is 0 Å². The Morgan fingerprint density at radius 2 is 1.00 bits per heavy atom. The molecular weight excluding hydrogens is 292 g/mol. The zero-order valence-electron chi connectivity index (χ0n) is 13.5. The Morgan fingerprint density at radius 3 is 1.22 bits per heavy atom. The van der Waals surface area contributed by atoms with E-state index in [1.54, 1.807) is 0 Å². The van der Waals surface area contributed by atoms with Crippen LogP contribution in [0, 0.1) is 0 Å². The van der Waals surface area contributed by atoms with Gasteiger partial charge in [-0.05, 0) is 52.4 Å². The Kier molecular flexibility index (Phi) is 6.02. The molecule has 0 heterocycles. The predicted molar refractivity (Wildman–Crippen MR) is 89.2 cm³/mol. The molecule has 0 aromatic heterocycles. The topological polar surface area (TPSA) is 27.7 Å². The summed E-state index contributed by atoms with van der Waals surface area (Å²) in [6.07, 6.45) is 0. The van der Waals surface area contributed by atoms with Crippen LogP contribution in [0.3, 0.4) is 0 Å². The molecule has 0 radical (unpaired) electrons. The Bertz CT molecular complexity index is 276. The Morgan fingerprint density at radius 1 is 0.667 bits per heavy atom. The maximum Gasteiger partial charge on any atom is 0.466 e. The fourth-order valence-electron chi connectivity index (χ4n) is 1.69. The molecule has 0 rings (SSSR count). The lowest BCUT2D eigenvalue weighted by Crippen LogP contribution is -2.58. The van der Waals surface area contributed by atoms with Crippen molar-refractivity contribution in [2.75, 3.05) is 0 Å². The molecule has 0 fully saturated rings. The molecular formula is C11H30O3Si4. The second-order valence-electron chi connectivity index (χ2n) is 7.20. The minimum absolute atomic E-state index is 1.68. The van der Waals surface area contributed by atoms with E-state index in [0.29, 0.717) is 0 Å². The van der Waals surface area contributed by atoms with Gasteiger partial charge in [0.2, 0.25) is 8.32 Å². The third-order valence-corrected chi connectivity index (χ3v) is 14.4. The summed E-state index contributed by atoms with van der Waals surface area (Å²) in [5, 5.41) is 0. The van der Waals surface area contributed by atoms with Gasteiger partial charge in [0.25, 0.3) is 0 Å². The first kappa shape index (κ1) is 18.5. The van der Waals surface area contributed by atoms with Crippen LogP contribution in [0.25, 0.3) is 0 Å². The van der Waals surface area contributed by atoms with Crippen LogP contribution < -0.4 is 0 Å². The molecule has 0 aromatic rings. The normalized spacial score (nSPS) is 14.7. The molecule has 0 aromatic carbocycles. The van der Waals surface area contributed by atoms with Gasteiger partial charge in [0.1, 0.15) is 0 Å². The number of hydrogen-bond acceptors (Lipinski definition) is 3. The van der Waals surface area contributed by atoms with Gasteiger partial charge in [-0.25, -0.2) is 0 Å². The van der Waals surface area contributed by atoms with Crippen molar-refractivity contribution in [2.24, 2.45) is 0 Å². The van der Waals surface area contributed by atoms with E-state index >= 15 is 0 Å². The molecule has 0 amide bonds. The first-order valence-electron chi connectivity index (χ1n) is 6.42. The molecule has 18 heavy (non-hydrogen) atoms. The highest BCUT2D eigenvalue weighted by Gasteiger charge is 2.46. The van der Waals surface area contributed by atoms with Gasteiger partial charge in [-0.1, -0.05) is 5.70 Å².